The van der Waals surface area contributed by atoms with E-state index in [9.17, 15) is 4.79 Å². The van der Waals surface area contributed by atoms with E-state index in [1.54, 1.807) is 6.92 Å². The second-order valence-corrected chi connectivity index (χ2v) is 4.97. The van der Waals surface area contributed by atoms with Gasteiger partial charge in [-0.3, -0.25) is 4.79 Å². The van der Waals surface area contributed by atoms with Crippen LogP contribution in [0.2, 0.25) is 0 Å². The standard InChI is InChI=1S/C12H17N3O2/c1-8-11(14-7-17-8)12(16)15-6-9-2-3-10(15)5-13-4-9/h7,9-10,13H,2-6H2,1H3. The van der Waals surface area contributed by atoms with Crippen molar-refractivity contribution >= 4 is 5.91 Å². The van der Waals surface area contributed by atoms with E-state index >= 15 is 0 Å². The maximum atomic E-state index is 12.4. The fourth-order valence-electron chi connectivity index (χ4n) is 2.83. The van der Waals surface area contributed by atoms with Crippen LogP contribution in [0, 0.1) is 12.8 Å². The number of nitrogens with one attached hydrogen (secondary N) is 1. The summed E-state index contributed by atoms with van der Waals surface area (Å²) in [5.74, 6) is 1.22. The molecule has 0 aliphatic carbocycles. The van der Waals surface area contributed by atoms with Crippen LogP contribution in [0.25, 0.3) is 0 Å². The Labute approximate surface area is 100 Å². The number of oxazole rings is 1. The van der Waals surface area contributed by atoms with Crippen LogP contribution >= 0.6 is 0 Å². The Morgan fingerprint density at radius 2 is 2.41 bits per heavy atom. The van der Waals surface area contributed by atoms with Gasteiger partial charge in [-0.2, -0.15) is 0 Å². The van der Waals surface area contributed by atoms with Crippen LogP contribution in [-0.2, 0) is 0 Å². The maximum absolute atomic E-state index is 12.4. The summed E-state index contributed by atoms with van der Waals surface area (Å²) in [4.78, 5) is 18.4. The molecule has 5 nitrogen and oxygen atoms in total. The lowest BCUT2D eigenvalue weighted by Crippen LogP contribution is -2.47. The minimum absolute atomic E-state index is 0.0228. The minimum atomic E-state index is 0.0228. The van der Waals surface area contributed by atoms with Crippen LogP contribution < -0.4 is 5.32 Å². The molecule has 1 N–H and O–H groups in total. The lowest BCUT2D eigenvalue weighted by atomic mass is 9.94. The summed E-state index contributed by atoms with van der Waals surface area (Å²) in [6, 6.07) is 0.317. The molecule has 3 aliphatic heterocycles. The molecule has 0 aromatic carbocycles. The Morgan fingerprint density at radius 1 is 1.53 bits per heavy atom. The highest BCUT2D eigenvalue weighted by Crippen LogP contribution is 2.26. The Morgan fingerprint density at radius 3 is 3.18 bits per heavy atom. The van der Waals surface area contributed by atoms with Crippen molar-refractivity contribution in [1.82, 2.24) is 15.2 Å². The van der Waals surface area contributed by atoms with Crippen LogP contribution in [0.1, 0.15) is 29.1 Å². The number of hydrogen-bond donors (Lipinski definition) is 1. The first kappa shape index (κ1) is 10.8. The highest BCUT2D eigenvalue weighted by atomic mass is 16.3. The van der Waals surface area contributed by atoms with Gasteiger partial charge in [0.15, 0.2) is 12.1 Å². The van der Waals surface area contributed by atoms with E-state index in [-0.39, 0.29) is 5.91 Å². The Kier molecular flexibility index (Phi) is 2.63. The van der Waals surface area contributed by atoms with E-state index in [1.165, 1.54) is 12.8 Å². The van der Waals surface area contributed by atoms with Gasteiger partial charge in [-0.05, 0) is 32.2 Å². The Bertz CT molecular complexity index is 425. The summed E-state index contributed by atoms with van der Waals surface area (Å²) in [6.45, 7) is 4.56. The summed E-state index contributed by atoms with van der Waals surface area (Å²) in [6.07, 6.45) is 3.66. The van der Waals surface area contributed by atoms with Crippen LogP contribution in [0.4, 0.5) is 0 Å². The average Bonchev–Trinajstić information content (AvgIpc) is 2.56. The maximum Gasteiger partial charge on any atom is 0.276 e. The molecule has 1 amide bonds. The number of aromatic nitrogens is 1. The summed E-state index contributed by atoms with van der Waals surface area (Å²) in [5, 5.41) is 3.42. The molecule has 0 spiro atoms. The molecule has 2 unspecified atom stereocenters. The van der Waals surface area contributed by atoms with Crippen molar-refractivity contribution in [1.29, 1.82) is 0 Å². The first-order valence-electron chi connectivity index (χ1n) is 6.17. The van der Waals surface area contributed by atoms with Crippen molar-refractivity contribution in [3.63, 3.8) is 0 Å². The molecule has 4 heterocycles. The van der Waals surface area contributed by atoms with Crippen LogP contribution in [0.15, 0.2) is 10.8 Å². The van der Waals surface area contributed by atoms with E-state index in [4.69, 9.17) is 4.42 Å². The van der Waals surface area contributed by atoms with E-state index in [1.807, 2.05) is 4.90 Å². The summed E-state index contributed by atoms with van der Waals surface area (Å²) in [7, 11) is 0. The molecular formula is C12H17N3O2. The second-order valence-electron chi connectivity index (χ2n) is 4.97. The van der Waals surface area contributed by atoms with Crippen LogP contribution in [0.5, 0.6) is 0 Å². The predicted octanol–water partition coefficient (Wildman–Crippen LogP) is 0.807. The van der Waals surface area contributed by atoms with Crippen molar-refractivity contribution in [2.75, 3.05) is 19.6 Å². The first-order chi connectivity index (χ1) is 8.25. The summed E-state index contributed by atoms with van der Waals surface area (Å²) in [5.41, 5.74) is 0.470. The van der Waals surface area contributed by atoms with Crippen molar-refractivity contribution in [3.8, 4) is 0 Å². The van der Waals surface area contributed by atoms with Crippen LogP contribution in [-0.4, -0.2) is 41.5 Å². The number of aryl methyl sites for hydroxylation is 1. The molecule has 4 rings (SSSR count). The fourth-order valence-corrected chi connectivity index (χ4v) is 2.83. The molecule has 0 radical (unpaired) electrons. The molecule has 2 atom stereocenters. The molecule has 3 fully saturated rings. The smallest absolute Gasteiger partial charge is 0.276 e. The Balaban J connectivity index is 1.85. The minimum Gasteiger partial charge on any atom is -0.448 e. The van der Waals surface area contributed by atoms with Gasteiger partial charge < -0.3 is 14.6 Å². The number of piperidine rings is 1. The fraction of sp³-hybridized carbons (Fsp3) is 0.667. The second kappa shape index (κ2) is 4.14. The lowest BCUT2D eigenvalue weighted by Gasteiger charge is -2.35. The number of carbonyl (C=O) groups is 1. The third-order valence-electron chi connectivity index (χ3n) is 3.82. The molecule has 17 heavy (non-hydrogen) atoms. The van der Waals surface area contributed by atoms with Crippen molar-refractivity contribution in [3.05, 3.63) is 17.8 Å². The van der Waals surface area contributed by atoms with E-state index in [0.29, 0.717) is 23.4 Å². The van der Waals surface area contributed by atoms with Gasteiger partial charge in [0.2, 0.25) is 0 Å². The number of rotatable bonds is 1. The molecule has 3 aliphatic rings. The zero-order valence-electron chi connectivity index (χ0n) is 9.98. The van der Waals surface area contributed by atoms with E-state index in [2.05, 4.69) is 10.3 Å². The van der Waals surface area contributed by atoms with Gasteiger partial charge in [0.1, 0.15) is 5.76 Å². The summed E-state index contributed by atoms with van der Waals surface area (Å²) < 4.78 is 5.11. The number of amides is 1. The Hall–Kier alpha value is -1.36. The van der Waals surface area contributed by atoms with E-state index < -0.39 is 0 Å². The van der Waals surface area contributed by atoms with Gasteiger partial charge in [0, 0.05) is 19.1 Å². The van der Waals surface area contributed by atoms with Gasteiger partial charge in [-0.25, -0.2) is 4.98 Å². The van der Waals surface area contributed by atoms with Gasteiger partial charge in [0.25, 0.3) is 5.91 Å². The molecule has 1 aromatic rings. The largest absolute Gasteiger partial charge is 0.448 e. The molecule has 1 aromatic heterocycles. The normalized spacial score (nSPS) is 28.2. The van der Waals surface area contributed by atoms with E-state index in [0.717, 1.165) is 26.1 Å². The topological polar surface area (TPSA) is 58.4 Å². The SMILES string of the molecule is Cc1ocnc1C(=O)N1CC2CCC1CNC2. The van der Waals surface area contributed by atoms with Gasteiger partial charge in [-0.1, -0.05) is 0 Å². The molecule has 0 saturated carbocycles. The van der Waals surface area contributed by atoms with Crippen LogP contribution in [0.3, 0.4) is 0 Å². The molecular weight excluding hydrogens is 218 g/mol. The highest BCUT2D eigenvalue weighted by molar-refractivity contribution is 5.93. The quantitative estimate of drug-likeness (QED) is 0.782. The lowest BCUT2D eigenvalue weighted by molar-refractivity contribution is 0.0584. The number of fused-ring (bicyclic) bond motifs is 4. The van der Waals surface area contributed by atoms with Crippen molar-refractivity contribution in [2.45, 2.75) is 25.8 Å². The van der Waals surface area contributed by atoms with Crippen molar-refractivity contribution < 1.29 is 9.21 Å². The number of nitrogens with zero attached hydrogens (tertiary/aromatic N) is 2. The first-order valence-corrected chi connectivity index (χ1v) is 6.17. The zero-order chi connectivity index (χ0) is 11.8. The molecule has 2 bridgehead atoms. The number of carbonyl (C=O) groups excluding carboxylic acids is 1. The van der Waals surface area contributed by atoms with Crippen molar-refractivity contribution in [2.24, 2.45) is 5.92 Å². The molecule has 5 heteroatoms. The van der Waals surface area contributed by atoms with Gasteiger partial charge in [0.05, 0.1) is 0 Å². The third kappa shape index (κ3) is 1.84. The highest BCUT2D eigenvalue weighted by Gasteiger charge is 2.35. The monoisotopic (exact) mass is 235 g/mol. The van der Waals surface area contributed by atoms with Gasteiger partial charge >= 0.3 is 0 Å². The average molecular weight is 235 g/mol. The molecule has 92 valence electrons. The molecule has 3 saturated heterocycles. The predicted molar refractivity (Wildman–Crippen MR) is 61.7 cm³/mol. The third-order valence-corrected chi connectivity index (χ3v) is 3.82. The number of hydrogen-bond acceptors (Lipinski definition) is 4. The zero-order valence-corrected chi connectivity index (χ0v) is 9.98. The summed E-state index contributed by atoms with van der Waals surface area (Å²) >= 11 is 0. The van der Waals surface area contributed by atoms with Gasteiger partial charge in [-0.15, -0.1) is 0 Å².